The molecule has 0 unspecified atom stereocenters. The number of pyridine rings is 1. The molecule has 3 nitrogen and oxygen atoms in total. The van der Waals surface area contributed by atoms with E-state index in [0.29, 0.717) is 5.88 Å². The van der Waals surface area contributed by atoms with Gasteiger partial charge in [0.05, 0.1) is 5.52 Å². The number of anilines is 1. The Kier molecular flexibility index (Phi) is 4.42. The van der Waals surface area contributed by atoms with Crippen molar-refractivity contribution >= 4 is 16.6 Å². The summed E-state index contributed by atoms with van der Waals surface area (Å²) in [5.74, 6) is 0.457. The molecule has 3 aromatic rings. The molecule has 0 saturated heterocycles. The summed E-state index contributed by atoms with van der Waals surface area (Å²) in [5.41, 5.74) is 4.32. The zero-order valence-corrected chi connectivity index (χ0v) is 13.3. The Morgan fingerprint density at radius 1 is 0.957 bits per heavy atom. The molecule has 0 atom stereocenters. The number of hydrogen-bond donors (Lipinski definition) is 0. The molecular weight excluding hydrogens is 290 g/mol. The lowest BCUT2D eigenvalue weighted by Crippen LogP contribution is -2.07. The number of hydrogen-bond acceptors (Lipinski definition) is 3. The third kappa shape index (κ3) is 3.42. The lowest BCUT2D eigenvalue weighted by Gasteiger charge is -2.13. The van der Waals surface area contributed by atoms with Crippen LogP contribution < -0.4 is 9.64 Å². The zero-order valence-electron chi connectivity index (χ0n) is 13.3. The highest BCUT2D eigenvalue weighted by atomic mass is 18.2. The van der Waals surface area contributed by atoms with E-state index in [4.69, 9.17) is 4.74 Å². The maximum Gasteiger partial charge on any atom is 0.213 e. The molecule has 0 bridgehead atoms. The van der Waals surface area contributed by atoms with Crippen LogP contribution in [0, 0.1) is 0 Å². The van der Waals surface area contributed by atoms with Crippen LogP contribution in [0.3, 0.4) is 0 Å². The van der Waals surface area contributed by atoms with Crippen LogP contribution in [0.4, 0.5) is 10.1 Å². The molecule has 0 amide bonds. The molecule has 1 heterocycles. The van der Waals surface area contributed by atoms with Crippen molar-refractivity contribution in [2.24, 2.45) is 0 Å². The summed E-state index contributed by atoms with van der Waals surface area (Å²) in [4.78, 5) is 6.47. The van der Waals surface area contributed by atoms with Gasteiger partial charge in [-0.1, -0.05) is 18.2 Å². The molecule has 0 N–H and O–H groups in total. The van der Waals surface area contributed by atoms with Gasteiger partial charge in [0.25, 0.3) is 0 Å². The minimum atomic E-state index is -0.512. The topological polar surface area (TPSA) is 25.4 Å². The number of benzene rings is 2. The summed E-state index contributed by atoms with van der Waals surface area (Å²) in [7, 11) is 4.05. The molecule has 0 aliphatic heterocycles. The minimum absolute atomic E-state index is 0.0365. The Bertz CT molecular complexity index is 800. The number of rotatable bonds is 5. The number of ether oxygens (including phenoxy) is 1. The first-order valence-corrected chi connectivity index (χ1v) is 7.55. The van der Waals surface area contributed by atoms with Crippen LogP contribution in [0.2, 0.25) is 0 Å². The fraction of sp³-hybridized carbons (Fsp3) is 0.211. The van der Waals surface area contributed by atoms with Gasteiger partial charge in [-0.3, -0.25) is 0 Å². The van der Waals surface area contributed by atoms with E-state index in [1.165, 1.54) is 5.69 Å². The van der Waals surface area contributed by atoms with E-state index in [1.807, 2.05) is 32.3 Å². The van der Waals surface area contributed by atoms with Crippen LogP contribution in [-0.2, 0) is 0 Å². The summed E-state index contributed by atoms with van der Waals surface area (Å²) < 4.78 is 17.4. The monoisotopic (exact) mass is 309 g/mol. The molecule has 0 fully saturated rings. The van der Waals surface area contributed by atoms with E-state index in [0.717, 1.165) is 22.0 Å². The van der Waals surface area contributed by atoms with Crippen LogP contribution in [0.1, 0.15) is 0 Å². The van der Waals surface area contributed by atoms with Crippen LogP contribution >= 0.6 is 0 Å². The van der Waals surface area contributed by atoms with Crippen molar-refractivity contribution in [3.05, 3.63) is 54.6 Å². The fourth-order valence-electron chi connectivity index (χ4n) is 2.46. The molecule has 0 saturated carbocycles. The molecule has 23 heavy (non-hydrogen) atoms. The second-order valence-electron chi connectivity index (χ2n) is 5.54. The highest BCUT2D eigenvalue weighted by Gasteiger charge is 2.04. The lowest BCUT2D eigenvalue weighted by atomic mass is 10.0. The van der Waals surface area contributed by atoms with Gasteiger partial charge in [0.2, 0.25) is 5.88 Å². The van der Waals surface area contributed by atoms with Crippen LogP contribution in [0.5, 0.6) is 5.88 Å². The molecule has 2 aromatic carbocycles. The average molecular weight is 309 g/mol. The second-order valence-corrected chi connectivity index (χ2v) is 5.54. The summed E-state index contributed by atoms with van der Waals surface area (Å²) in [6, 6.07) is 18.3. The Hall–Kier alpha value is -2.62. The lowest BCUT2D eigenvalue weighted by molar-refractivity contribution is 0.265. The van der Waals surface area contributed by atoms with Crippen molar-refractivity contribution in [3.8, 4) is 17.0 Å². The van der Waals surface area contributed by atoms with Gasteiger partial charge in [-0.05, 0) is 41.5 Å². The van der Waals surface area contributed by atoms with Gasteiger partial charge in [0.1, 0.15) is 13.3 Å². The van der Waals surface area contributed by atoms with Crippen LogP contribution in [0.15, 0.2) is 54.6 Å². The number of halogens is 1. The third-order valence-corrected chi connectivity index (χ3v) is 3.71. The van der Waals surface area contributed by atoms with E-state index in [1.54, 1.807) is 6.07 Å². The largest absolute Gasteiger partial charge is 0.475 e. The Labute approximate surface area is 135 Å². The minimum Gasteiger partial charge on any atom is -0.475 e. The first-order chi connectivity index (χ1) is 11.2. The van der Waals surface area contributed by atoms with E-state index in [-0.39, 0.29) is 6.61 Å². The molecule has 118 valence electrons. The predicted molar refractivity (Wildman–Crippen MR) is 93.0 cm³/mol. The van der Waals surface area contributed by atoms with Crippen LogP contribution in [-0.4, -0.2) is 32.4 Å². The molecule has 4 heteroatoms. The highest BCUT2D eigenvalue weighted by Crippen LogP contribution is 2.26. The van der Waals surface area contributed by atoms with Crippen molar-refractivity contribution in [1.29, 1.82) is 0 Å². The quantitative estimate of drug-likeness (QED) is 0.702. The van der Waals surface area contributed by atoms with Crippen molar-refractivity contribution < 1.29 is 9.13 Å². The fourth-order valence-corrected chi connectivity index (χ4v) is 2.46. The Balaban J connectivity index is 1.90. The van der Waals surface area contributed by atoms with Gasteiger partial charge in [0, 0.05) is 31.2 Å². The Morgan fingerprint density at radius 3 is 2.39 bits per heavy atom. The molecule has 1 aromatic heterocycles. The predicted octanol–water partition coefficient (Wildman–Crippen LogP) is 4.32. The zero-order chi connectivity index (χ0) is 16.2. The molecular formula is C19H19FN2O. The molecule has 3 rings (SSSR count). The second kappa shape index (κ2) is 6.65. The van der Waals surface area contributed by atoms with Crippen molar-refractivity contribution in [2.45, 2.75) is 0 Å². The maximum atomic E-state index is 12.2. The van der Waals surface area contributed by atoms with Gasteiger partial charge < -0.3 is 9.64 Å². The normalized spacial score (nSPS) is 10.7. The van der Waals surface area contributed by atoms with Gasteiger partial charge in [0.15, 0.2) is 0 Å². The first-order valence-electron chi connectivity index (χ1n) is 7.55. The van der Waals surface area contributed by atoms with E-state index in [9.17, 15) is 4.39 Å². The number of fused-ring (bicyclic) bond motifs is 1. The number of nitrogens with zero attached hydrogens (tertiary/aromatic N) is 2. The van der Waals surface area contributed by atoms with Crippen molar-refractivity contribution in [1.82, 2.24) is 4.98 Å². The number of alkyl halides is 1. The maximum absolute atomic E-state index is 12.2. The van der Waals surface area contributed by atoms with Crippen molar-refractivity contribution in [2.75, 3.05) is 32.3 Å². The van der Waals surface area contributed by atoms with Gasteiger partial charge in [-0.2, -0.15) is 0 Å². The van der Waals surface area contributed by atoms with E-state index in [2.05, 4.69) is 40.2 Å². The molecule has 0 aliphatic carbocycles. The van der Waals surface area contributed by atoms with Gasteiger partial charge in [-0.25, -0.2) is 9.37 Å². The summed E-state index contributed by atoms with van der Waals surface area (Å²) in [5, 5.41) is 1.03. The molecule has 0 aliphatic rings. The average Bonchev–Trinajstić information content (AvgIpc) is 2.59. The van der Waals surface area contributed by atoms with Gasteiger partial charge >= 0.3 is 0 Å². The number of aromatic nitrogens is 1. The van der Waals surface area contributed by atoms with E-state index >= 15 is 0 Å². The van der Waals surface area contributed by atoms with Crippen molar-refractivity contribution in [3.63, 3.8) is 0 Å². The smallest absolute Gasteiger partial charge is 0.213 e. The first kappa shape index (κ1) is 15.3. The standard InChI is InChI=1S/C19H19FN2O/c1-22(2)17-7-3-14(4-8-17)15-5-9-18-16(13-15)6-10-19(21-18)23-12-11-20/h3-10,13H,11-12H2,1-2H3/i20-1. The summed E-state index contributed by atoms with van der Waals surface area (Å²) in [6.07, 6.45) is 0. The third-order valence-electron chi connectivity index (χ3n) is 3.71. The van der Waals surface area contributed by atoms with Gasteiger partial charge in [-0.15, -0.1) is 0 Å². The molecule has 0 radical (unpaired) electrons. The van der Waals surface area contributed by atoms with E-state index < -0.39 is 6.67 Å². The summed E-state index contributed by atoms with van der Waals surface area (Å²) >= 11 is 0. The molecule has 0 spiro atoms. The SMILES string of the molecule is CN(C)c1ccc(-c2ccc3nc(OCC[18F])ccc3c2)cc1. The highest BCUT2D eigenvalue weighted by molar-refractivity contribution is 5.85. The van der Waals surface area contributed by atoms with Crippen LogP contribution in [0.25, 0.3) is 22.0 Å². The Morgan fingerprint density at radius 2 is 1.70 bits per heavy atom. The summed E-state index contributed by atoms with van der Waals surface area (Å²) in [6.45, 7) is -0.476.